The molecule has 0 radical (unpaired) electrons. The van der Waals surface area contributed by atoms with Crippen LogP contribution in [0, 0.1) is 0 Å². The minimum atomic E-state index is -0.0751. The molecule has 1 aliphatic heterocycles. The molecule has 1 aromatic carbocycles. The predicted octanol–water partition coefficient (Wildman–Crippen LogP) is 1.15. The number of benzene rings is 1. The fraction of sp³-hybridized carbons (Fsp3) is 0.417. The number of rotatable bonds is 3. The van der Waals surface area contributed by atoms with Gasteiger partial charge < -0.3 is 10.6 Å². The van der Waals surface area contributed by atoms with Crippen LogP contribution >= 0.6 is 11.8 Å². The van der Waals surface area contributed by atoms with Crippen LogP contribution in [0.25, 0.3) is 0 Å². The largest absolute Gasteiger partial charge is 0.313 e. The third-order valence-electron chi connectivity index (χ3n) is 2.73. The summed E-state index contributed by atoms with van der Waals surface area (Å²) in [5, 5.41) is 6.45. The van der Waals surface area contributed by atoms with Crippen LogP contribution in [0.1, 0.15) is 10.4 Å². The summed E-state index contributed by atoms with van der Waals surface area (Å²) in [6, 6.07) is 7.73. The molecule has 1 unspecified atom stereocenters. The standard InChI is InChI=1S/C12H16N2OS/c1-16-10-4-2-9(3-5-10)12(15)11-8-13-6-7-14-11/h2-5,11,13-14H,6-8H2,1H3. The Morgan fingerprint density at radius 2 is 2.06 bits per heavy atom. The number of ketones is 1. The minimum Gasteiger partial charge on any atom is -0.313 e. The Morgan fingerprint density at radius 1 is 1.31 bits per heavy atom. The number of carbonyl (C=O) groups is 1. The van der Waals surface area contributed by atoms with Crippen molar-refractivity contribution in [3.63, 3.8) is 0 Å². The van der Waals surface area contributed by atoms with E-state index in [2.05, 4.69) is 10.6 Å². The monoisotopic (exact) mass is 236 g/mol. The summed E-state index contributed by atoms with van der Waals surface area (Å²) < 4.78 is 0. The van der Waals surface area contributed by atoms with Crippen molar-refractivity contribution in [1.29, 1.82) is 0 Å². The topological polar surface area (TPSA) is 41.1 Å². The Bertz CT molecular complexity index is 358. The molecule has 1 aromatic rings. The minimum absolute atomic E-state index is 0.0751. The molecule has 1 aliphatic rings. The highest BCUT2D eigenvalue weighted by Crippen LogP contribution is 2.15. The van der Waals surface area contributed by atoms with Crippen molar-refractivity contribution in [2.45, 2.75) is 10.9 Å². The van der Waals surface area contributed by atoms with E-state index >= 15 is 0 Å². The molecule has 2 N–H and O–H groups in total. The molecule has 16 heavy (non-hydrogen) atoms. The maximum atomic E-state index is 12.1. The first-order valence-electron chi connectivity index (χ1n) is 5.43. The first-order chi connectivity index (χ1) is 7.81. The van der Waals surface area contributed by atoms with E-state index in [0.717, 1.165) is 25.2 Å². The van der Waals surface area contributed by atoms with Gasteiger partial charge in [-0.25, -0.2) is 0 Å². The van der Waals surface area contributed by atoms with Gasteiger partial charge in [0.15, 0.2) is 5.78 Å². The molecule has 0 spiro atoms. The smallest absolute Gasteiger partial charge is 0.181 e. The first-order valence-corrected chi connectivity index (χ1v) is 6.66. The van der Waals surface area contributed by atoms with Gasteiger partial charge in [-0.15, -0.1) is 11.8 Å². The molecule has 3 nitrogen and oxygen atoms in total. The Kier molecular flexibility index (Phi) is 3.98. The van der Waals surface area contributed by atoms with E-state index in [9.17, 15) is 4.79 Å². The molecular formula is C12H16N2OS. The zero-order valence-corrected chi connectivity index (χ0v) is 10.1. The quantitative estimate of drug-likeness (QED) is 0.610. The summed E-state index contributed by atoms with van der Waals surface area (Å²) >= 11 is 1.69. The number of carbonyl (C=O) groups excluding carboxylic acids is 1. The van der Waals surface area contributed by atoms with E-state index in [1.807, 2.05) is 30.5 Å². The van der Waals surface area contributed by atoms with Crippen LogP contribution in [0.15, 0.2) is 29.2 Å². The van der Waals surface area contributed by atoms with E-state index in [0.29, 0.717) is 0 Å². The van der Waals surface area contributed by atoms with Crippen LogP contribution in [0.3, 0.4) is 0 Å². The van der Waals surface area contributed by atoms with Gasteiger partial charge in [0.05, 0.1) is 6.04 Å². The zero-order valence-electron chi connectivity index (χ0n) is 9.32. The van der Waals surface area contributed by atoms with E-state index in [1.165, 1.54) is 4.90 Å². The highest BCUT2D eigenvalue weighted by Gasteiger charge is 2.21. The van der Waals surface area contributed by atoms with Gasteiger partial charge in [0.2, 0.25) is 0 Å². The van der Waals surface area contributed by atoms with Gasteiger partial charge in [-0.3, -0.25) is 4.79 Å². The third-order valence-corrected chi connectivity index (χ3v) is 3.48. The SMILES string of the molecule is CSc1ccc(C(=O)C2CNCCN2)cc1. The maximum absolute atomic E-state index is 12.1. The van der Waals surface area contributed by atoms with Crippen LogP contribution in [0.2, 0.25) is 0 Å². The average Bonchev–Trinajstić information content (AvgIpc) is 2.39. The second-order valence-electron chi connectivity index (χ2n) is 3.80. The number of piperazine rings is 1. The summed E-state index contributed by atoms with van der Waals surface area (Å²) in [4.78, 5) is 13.3. The van der Waals surface area contributed by atoms with Crippen LogP contribution in [0.5, 0.6) is 0 Å². The van der Waals surface area contributed by atoms with Gasteiger partial charge in [0, 0.05) is 30.1 Å². The molecular weight excluding hydrogens is 220 g/mol. The summed E-state index contributed by atoms with van der Waals surface area (Å²) in [5.41, 5.74) is 0.791. The fourth-order valence-corrected chi connectivity index (χ4v) is 2.20. The first kappa shape index (κ1) is 11.6. The molecule has 2 rings (SSSR count). The zero-order chi connectivity index (χ0) is 11.4. The van der Waals surface area contributed by atoms with Crippen molar-refractivity contribution in [1.82, 2.24) is 10.6 Å². The highest BCUT2D eigenvalue weighted by atomic mass is 32.2. The lowest BCUT2D eigenvalue weighted by atomic mass is 10.0. The van der Waals surface area contributed by atoms with E-state index < -0.39 is 0 Å². The predicted molar refractivity (Wildman–Crippen MR) is 67.2 cm³/mol. The Morgan fingerprint density at radius 3 is 2.62 bits per heavy atom. The molecule has 1 fully saturated rings. The average molecular weight is 236 g/mol. The number of hydrogen-bond acceptors (Lipinski definition) is 4. The van der Waals surface area contributed by atoms with Crippen molar-refractivity contribution in [2.75, 3.05) is 25.9 Å². The van der Waals surface area contributed by atoms with Gasteiger partial charge in [-0.05, 0) is 18.4 Å². The number of Topliss-reactive ketones (excluding diaryl/α,β-unsaturated/α-hetero) is 1. The summed E-state index contributed by atoms with van der Waals surface area (Å²) in [5.74, 6) is 0.180. The van der Waals surface area contributed by atoms with Crippen LogP contribution < -0.4 is 10.6 Å². The molecule has 0 saturated carbocycles. The summed E-state index contributed by atoms with van der Waals surface area (Å²) in [6.45, 7) is 2.53. The van der Waals surface area contributed by atoms with Gasteiger partial charge in [-0.2, -0.15) is 0 Å². The Balaban J connectivity index is 2.07. The number of nitrogens with one attached hydrogen (secondary N) is 2. The molecule has 0 aromatic heterocycles. The summed E-state index contributed by atoms with van der Waals surface area (Å²) in [6.07, 6.45) is 2.03. The fourth-order valence-electron chi connectivity index (χ4n) is 1.80. The lowest BCUT2D eigenvalue weighted by Crippen LogP contribution is -2.52. The molecule has 0 amide bonds. The van der Waals surface area contributed by atoms with Crippen molar-refractivity contribution in [2.24, 2.45) is 0 Å². The third kappa shape index (κ3) is 2.64. The number of thioether (sulfide) groups is 1. The lowest BCUT2D eigenvalue weighted by Gasteiger charge is -2.23. The van der Waals surface area contributed by atoms with Crippen molar-refractivity contribution >= 4 is 17.5 Å². The summed E-state index contributed by atoms with van der Waals surface area (Å²) in [7, 11) is 0. The van der Waals surface area contributed by atoms with Gasteiger partial charge in [0.1, 0.15) is 0 Å². The van der Waals surface area contributed by atoms with E-state index in [1.54, 1.807) is 11.8 Å². The number of hydrogen-bond donors (Lipinski definition) is 2. The van der Waals surface area contributed by atoms with Crippen LogP contribution in [-0.4, -0.2) is 37.7 Å². The molecule has 0 aliphatic carbocycles. The lowest BCUT2D eigenvalue weighted by molar-refractivity contribution is 0.0934. The molecule has 1 saturated heterocycles. The highest BCUT2D eigenvalue weighted by molar-refractivity contribution is 7.98. The van der Waals surface area contributed by atoms with Gasteiger partial charge in [0.25, 0.3) is 0 Å². The van der Waals surface area contributed by atoms with Crippen LogP contribution in [-0.2, 0) is 0 Å². The molecule has 1 heterocycles. The molecule has 1 atom stereocenters. The second-order valence-corrected chi connectivity index (χ2v) is 4.68. The molecule has 86 valence electrons. The van der Waals surface area contributed by atoms with Crippen LogP contribution in [0.4, 0.5) is 0 Å². The second kappa shape index (κ2) is 5.48. The molecule has 4 heteroatoms. The van der Waals surface area contributed by atoms with E-state index in [-0.39, 0.29) is 11.8 Å². The van der Waals surface area contributed by atoms with Crippen molar-refractivity contribution in [3.8, 4) is 0 Å². The van der Waals surface area contributed by atoms with Crippen molar-refractivity contribution in [3.05, 3.63) is 29.8 Å². The molecule has 0 bridgehead atoms. The normalized spacial score (nSPS) is 20.7. The van der Waals surface area contributed by atoms with Crippen molar-refractivity contribution < 1.29 is 4.79 Å². The maximum Gasteiger partial charge on any atom is 0.181 e. The Hall–Kier alpha value is -0.840. The van der Waals surface area contributed by atoms with E-state index in [4.69, 9.17) is 0 Å². The Labute approximate surface area is 100.0 Å². The van der Waals surface area contributed by atoms with Gasteiger partial charge >= 0.3 is 0 Å². The van der Waals surface area contributed by atoms with Gasteiger partial charge in [-0.1, -0.05) is 12.1 Å².